The number of nitrogens with zero attached hydrogens (tertiary/aromatic N) is 5. The van der Waals surface area contributed by atoms with E-state index in [0.717, 1.165) is 0 Å². The molecule has 0 bridgehead atoms. The van der Waals surface area contributed by atoms with Crippen LogP contribution in [0.5, 0.6) is 17.5 Å². The SMILES string of the molecule is COc1cnc(OC(C)c2cn(-c3ccc(Cl)c(OC(F)F)c3)nn2)nc1. The minimum absolute atomic E-state index is 0.0627. The summed E-state index contributed by atoms with van der Waals surface area (Å²) in [5.41, 5.74) is 0.933. The van der Waals surface area contributed by atoms with E-state index in [2.05, 4.69) is 25.0 Å². The van der Waals surface area contributed by atoms with Crippen molar-refractivity contribution < 1.29 is 23.0 Å². The highest BCUT2D eigenvalue weighted by Crippen LogP contribution is 2.28. The van der Waals surface area contributed by atoms with Crippen LogP contribution in [0.2, 0.25) is 5.02 Å². The highest BCUT2D eigenvalue weighted by molar-refractivity contribution is 6.32. The molecule has 0 saturated heterocycles. The lowest BCUT2D eigenvalue weighted by Gasteiger charge is -2.10. The van der Waals surface area contributed by atoms with E-state index in [9.17, 15) is 8.78 Å². The Labute approximate surface area is 157 Å². The molecule has 0 spiro atoms. The standard InChI is InChI=1S/C16H14ClF2N5O3/c1-9(26-16-20-6-11(25-2)7-21-16)13-8-24(23-22-13)10-3-4-12(17)14(5-10)27-15(18)19/h3-9,15H,1-2H3. The molecule has 0 radical (unpaired) electrons. The van der Waals surface area contributed by atoms with Gasteiger partial charge in [0.25, 0.3) is 0 Å². The maximum Gasteiger partial charge on any atom is 0.387 e. The highest BCUT2D eigenvalue weighted by atomic mass is 35.5. The molecule has 1 aromatic carbocycles. The maximum atomic E-state index is 12.4. The Bertz CT molecular complexity index is 907. The second-order valence-electron chi connectivity index (χ2n) is 5.25. The number of ether oxygens (including phenoxy) is 3. The van der Waals surface area contributed by atoms with Gasteiger partial charge in [-0.25, -0.2) is 4.68 Å². The lowest BCUT2D eigenvalue weighted by molar-refractivity contribution is -0.0497. The average molecular weight is 398 g/mol. The fraction of sp³-hybridized carbons (Fsp3) is 0.250. The van der Waals surface area contributed by atoms with Gasteiger partial charge in [-0.3, -0.25) is 0 Å². The van der Waals surface area contributed by atoms with E-state index in [1.54, 1.807) is 19.2 Å². The van der Waals surface area contributed by atoms with E-state index >= 15 is 0 Å². The van der Waals surface area contributed by atoms with Crippen LogP contribution >= 0.6 is 11.6 Å². The van der Waals surface area contributed by atoms with Crippen molar-refractivity contribution in [3.05, 3.63) is 47.5 Å². The summed E-state index contributed by atoms with van der Waals surface area (Å²) in [5.74, 6) is 0.350. The third-order valence-corrected chi connectivity index (χ3v) is 3.76. The summed E-state index contributed by atoms with van der Waals surface area (Å²) in [6.45, 7) is -1.24. The molecule has 0 aliphatic carbocycles. The van der Waals surface area contributed by atoms with Crippen LogP contribution in [-0.2, 0) is 0 Å². The van der Waals surface area contributed by atoms with Crippen LogP contribution in [0.25, 0.3) is 5.69 Å². The topological polar surface area (TPSA) is 84.2 Å². The Morgan fingerprint density at radius 3 is 2.56 bits per heavy atom. The van der Waals surface area contributed by atoms with E-state index in [-0.39, 0.29) is 16.8 Å². The Kier molecular flexibility index (Phi) is 5.65. The van der Waals surface area contributed by atoms with E-state index < -0.39 is 12.7 Å². The molecular weight excluding hydrogens is 384 g/mol. The number of hydrogen-bond donors (Lipinski definition) is 0. The van der Waals surface area contributed by atoms with Gasteiger partial charge in [-0.1, -0.05) is 16.8 Å². The highest BCUT2D eigenvalue weighted by Gasteiger charge is 2.16. The van der Waals surface area contributed by atoms with Crippen molar-refractivity contribution in [3.8, 4) is 23.2 Å². The molecule has 2 heterocycles. The molecule has 27 heavy (non-hydrogen) atoms. The van der Waals surface area contributed by atoms with Crippen molar-refractivity contribution in [2.24, 2.45) is 0 Å². The lowest BCUT2D eigenvalue weighted by atomic mass is 10.3. The van der Waals surface area contributed by atoms with Gasteiger partial charge in [0.1, 0.15) is 17.5 Å². The summed E-state index contributed by atoms with van der Waals surface area (Å²) < 4.78 is 41.2. The molecule has 2 aromatic heterocycles. The summed E-state index contributed by atoms with van der Waals surface area (Å²) in [6, 6.07) is 4.51. The van der Waals surface area contributed by atoms with Crippen molar-refractivity contribution in [3.63, 3.8) is 0 Å². The molecule has 8 nitrogen and oxygen atoms in total. The van der Waals surface area contributed by atoms with Gasteiger partial charge in [0.15, 0.2) is 5.75 Å². The summed E-state index contributed by atoms with van der Waals surface area (Å²) >= 11 is 5.85. The number of aromatic nitrogens is 5. The summed E-state index contributed by atoms with van der Waals surface area (Å²) in [7, 11) is 1.51. The molecule has 0 fully saturated rings. The third-order valence-electron chi connectivity index (χ3n) is 3.45. The summed E-state index contributed by atoms with van der Waals surface area (Å²) in [5, 5.41) is 8.05. The normalized spacial score (nSPS) is 12.1. The van der Waals surface area contributed by atoms with Crippen LogP contribution < -0.4 is 14.2 Å². The number of methoxy groups -OCH3 is 1. The van der Waals surface area contributed by atoms with Crippen molar-refractivity contribution in [2.45, 2.75) is 19.6 Å². The van der Waals surface area contributed by atoms with Crippen LogP contribution in [-0.4, -0.2) is 38.7 Å². The number of halogens is 3. The quantitative estimate of drug-likeness (QED) is 0.603. The molecular formula is C16H14ClF2N5O3. The molecule has 1 atom stereocenters. The first-order valence-corrected chi connectivity index (χ1v) is 8.03. The van der Waals surface area contributed by atoms with Crippen LogP contribution in [0.15, 0.2) is 36.8 Å². The summed E-state index contributed by atoms with van der Waals surface area (Å²) in [6.07, 6.45) is 4.04. The predicted molar refractivity (Wildman–Crippen MR) is 90.6 cm³/mol. The Balaban J connectivity index is 1.75. The Hall–Kier alpha value is -3.01. The lowest BCUT2D eigenvalue weighted by Crippen LogP contribution is -2.06. The second-order valence-corrected chi connectivity index (χ2v) is 5.65. The van der Waals surface area contributed by atoms with Crippen LogP contribution in [0.3, 0.4) is 0 Å². The number of alkyl halides is 2. The number of hydrogen-bond acceptors (Lipinski definition) is 7. The maximum absolute atomic E-state index is 12.4. The zero-order valence-corrected chi connectivity index (χ0v) is 15.0. The number of benzene rings is 1. The van der Waals surface area contributed by atoms with Crippen molar-refractivity contribution in [1.29, 1.82) is 0 Å². The minimum atomic E-state index is -2.98. The molecule has 0 saturated carbocycles. The minimum Gasteiger partial charge on any atom is -0.494 e. The van der Waals surface area contributed by atoms with Gasteiger partial charge in [0.2, 0.25) is 0 Å². The molecule has 0 N–H and O–H groups in total. The van der Waals surface area contributed by atoms with Crippen LogP contribution in [0.1, 0.15) is 18.7 Å². The molecule has 11 heteroatoms. The fourth-order valence-corrected chi connectivity index (χ4v) is 2.26. The van der Waals surface area contributed by atoms with Gasteiger partial charge in [0, 0.05) is 6.07 Å². The van der Waals surface area contributed by atoms with E-state index in [1.807, 2.05) is 0 Å². The molecule has 3 aromatic rings. The first-order valence-electron chi connectivity index (χ1n) is 7.66. The van der Waals surface area contributed by atoms with Gasteiger partial charge in [0.05, 0.1) is 36.4 Å². The second kappa shape index (κ2) is 8.12. The van der Waals surface area contributed by atoms with Gasteiger partial charge < -0.3 is 14.2 Å². The predicted octanol–water partition coefficient (Wildman–Crippen LogP) is 3.46. The van der Waals surface area contributed by atoms with Gasteiger partial charge in [-0.15, -0.1) is 5.10 Å². The Morgan fingerprint density at radius 1 is 1.15 bits per heavy atom. The number of rotatable bonds is 7. The van der Waals surface area contributed by atoms with Crippen molar-refractivity contribution >= 4 is 11.6 Å². The molecule has 0 aliphatic rings. The zero-order chi connectivity index (χ0) is 19.4. The van der Waals surface area contributed by atoms with Gasteiger partial charge in [-0.05, 0) is 19.1 Å². The van der Waals surface area contributed by atoms with Crippen LogP contribution in [0.4, 0.5) is 8.78 Å². The van der Waals surface area contributed by atoms with E-state index in [1.165, 1.54) is 36.3 Å². The molecule has 142 valence electrons. The largest absolute Gasteiger partial charge is 0.494 e. The third kappa shape index (κ3) is 4.59. The molecule has 0 aliphatic heterocycles. The van der Waals surface area contributed by atoms with Crippen molar-refractivity contribution in [2.75, 3.05) is 7.11 Å². The average Bonchev–Trinajstić information content (AvgIpc) is 3.14. The van der Waals surface area contributed by atoms with Crippen LogP contribution in [0, 0.1) is 0 Å². The summed E-state index contributed by atoms with van der Waals surface area (Å²) in [4.78, 5) is 8.03. The Morgan fingerprint density at radius 2 is 1.89 bits per heavy atom. The van der Waals surface area contributed by atoms with E-state index in [0.29, 0.717) is 17.1 Å². The first kappa shape index (κ1) is 18.8. The zero-order valence-electron chi connectivity index (χ0n) is 14.2. The monoisotopic (exact) mass is 397 g/mol. The van der Waals surface area contributed by atoms with Crippen molar-refractivity contribution in [1.82, 2.24) is 25.0 Å². The smallest absolute Gasteiger partial charge is 0.387 e. The van der Waals surface area contributed by atoms with E-state index in [4.69, 9.17) is 21.1 Å². The van der Waals surface area contributed by atoms with Gasteiger partial charge in [-0.2, -0.15) is 18.7 Å². The molecule has 1 unspecified atom stereocenters. The molecule has 3 rings (SSSR count). The van der Waals surface area contributed by atoms with Gasteiger partial charge >= 0.3 is 12.6 Å². The molecule has 0 amide bonds. The first-order chi connectivity index (χ1) is 13.0. The fourth-order valence-electron chi connectivity index (χ4n) is 2.10.